The van der Waals surface area contributed by atoms with Crippen LogP contribution in [0.5, 0.6) is 0 Å². The van der Waals surface area contributed by atoms with Gasteiger partial charge in [-0.1, -0.05) is 0 Å². The van der Waals surface area contributed by atoms with Crippen molar-refractivity contribution in [2.75, 3.05) is 6.54 Å². The van der Waals surface area contributed by atoms with E-state index in [1.165, 1.54) is 0 Å². The van der Waals surface area contributed by atoms with Crippen LogP contribution < -0.4 is 5.32 Å². The Hall–Kier alpha value is -1.14. The summed E-state index contributed by atoms with van der Waals surface area (Å²) in [6, 6.07) is 0. The third-order valence-corrected chi connectivity index (χ3v) is 3.18. The Morgan fingerprint density at radius 3 is 1.50 bits per heavy atom. The van der Waals surface area contributed by atoms with Crippen LogP contribution in [0, 0.1) is 92.8 Å². The summed E-state index contributed by atoms with van der Waals surface area (Å²) in [5.41, 5.74) is -1.49. The van der Waals surface area contributed by atoms with Crippen LogP contribution in [0.15, 0.2) is 0 Å². The van der Waals surface area contributed by atoms with Crippen LogP contribution in [0.25, 0.3) is 0 Å². The van der Waals surface area contributed by atoms with Crippen molar-refractivity contribution >= 4 is 5.91 Å². The van der Waals surface area contributed by atoms with Crippen molar-refractivity contribution in [2.45, 2.75) is 0 Å². The number of nitrogens with one attached hydrogen (secondary N) is 1. The van der Waals surface area contributed by atoms with E-state index in [0.29, 0.717) is 5.92 Å². The standard InChI is InChI=1S/C13H7F5NO.C5H5.Fe/c14-8-7(9(15)11(17)12(18)10(8)16)13(20)19-5-6-3-1-2-4-6;1-2-4-5-3-1;/h1-4H,5H2,(H,19,20);1-5H;/q;;+2. The summed E-state index contributed by atoms with van der Waals surface area (Å²) in [5, 5.41) is 2.08. The Labute approximate surface area is 160 Å². The summed E-state index contributed by atoms with van der Waals surface area (Å²) in [5.74, 6) is -11.7. The van der Waals surface area contributed by atoms with Gasteiger partial charge in [0.05, 0.1) is 0 Å². The Morgan fingerprint density at radius 2 is 1.08 bits per heavy atom. The van der Waals surface area contributed by atoms with E-state index < -0.39 is 40.6 Å². The van der Waals surface area contributed by atoms with Crippen LogP contribution in [0.2, 0.25) is 0 Å². The molecule has 1 aromatic carbocycles. The number of carbonyl (C=O) groups excluding carboxylic acids is 1. The fourth-order valence-corrected chi connectivity index (χ4v) is 1.93. The van der Waals surface area contributed by atoms with Gasteiger partial charge in [-0.25, -0.2) is 22.0 Å². The van der Waals surface area contributed by atoms with Gasteiger partial charge in [0, 0.05) is 12.5 Å². The molecule has 0 saturated heterocycles. The average Bonchev–Trinajstić information content (AvgIpc) is 3.32. The van der Waals surface area contributed by atoms with Gasteiger partial charge < -0.3 is 5.32 Å². The molecule has 2 fully saturated rings. The van der Waals surface area contributed by atoms with Gasteiger partial charge in [0.15, 0.2) is 23.3 Å². The molecule has 2 aliphatic rings. The molecule has 2 aliphatic carbocycles. The van der Waals surface area contributed by atoms with Crippen molar-refractivity contribution in [1.29, 1.82) is 0 Å². The average molecular weight is 409 g/mol. The molecule has 0 bridgehead atoms. The van der Waals surface area contributed by atoms with E-state index in [1.807, 2.05) is 32.1 Å². The van der Waals surface area contributed by atoms with Gasteiger partial charge in [-0.3, -0.25) is 4.79 Å². The molecular formula is C18H12F5FeNO+2. The molecule has 0 atom stereocenters. The first-order chi connectivity index (χ1) is 11.9. The van der Waals surface area contributed by atoms with Crippen LogP contribution in [0.3, 0.4) is 0 Å². The fraction of sp³-hybridized carbons (Fsp3) is 0.0556. The first kappa shape index (κ1) is 22.9. The zero-order valence-corrected chi connectivity index (χ0v) is 14.2. The first-order valence-electron chi connectivity index (χ1n) is 7.10. The minimum atomic E-state index is -2.30. The van der Waals surface area contributed by atoms with Gasteiger partial charge in [0.1, 0.15) is 5.56 Å². The second-order valence-corrected chi connectivity index (χ2v) is 4.88. The van der Waals surface area contributed by atoms with Gasteiger partial charge >= 0.3 is 17.1 Å². The van der Waals surface area contributed by atoms with Gasteiger partial charge in [0.25, 0.3) is 5.91 Å². The van der Waals surface area contributed by atoms with Crippen LogP contribution >= 0.6 is 0 Å². The maximum atomic E-state index is 13.3. The largest absolute Gasteiger partial charge is 2.00 e. The molecule has 136 valence electrons. The van der Waals surface area contributed by atoms with Crippen molar-refractivity contribution in [3.8, 4) is 0 Å². The molecule has 3 rings (SSSR count). The van der Waals surface area contributed by atoms with Crippen LogP contribution in [-0.2, 0) is 17.1 Å². The van der Waals surface area contributed by atoms with E-state index in [4.69, 9.17) is 0 Å². The van der Waals surface area contributed by atoms with Crippen LogP contribution in [0.4, 0.5) is 22.0 Å². The normalized spacial score (nSPS) is 16.7. The zero-order chi connectivity index (χ0) is 18.4. The van der Waals surface area contributed by atoms with Crippen LogP contribution in [0.1, 0.15) is 10.4 Å². The number of carbonyl (C=O) groups is 1. The predicted octanol–water partition coefficient (Wildman–Crippen LogP) is 3.54. The minimum Gasteiger partial charge on any atom is -0.351 e. The smallest absolute Gasteiger partial charge is 0.351 e. The van der Waals surface area contributed by atoms with Crippen molar-refractivity contribution in [1.82, 2.24) is 5.32 Å². The Balaban J connectivity index is 0.000000486. The first-order valence-corrected chi connectivity index (χ1v) is 7.10. The van der Waals surface area contributed by atoms with E-state index in [2.05, 4.69) is 5.32 Å². The summed E-state index contributed by atoms with van der Waals surface area (Å²) in [4.78, 5) is 11.6. The summed E-state index contributed by atoms with van der Waals surface area (Å²) in [6.45, 7) is -0.0919. The summed E-state index contributed by atoms with van der Waals surface area (Å²) in [7, 11) is 0. The molecule has 10 radical (unpaired) electrons. The number of halogens is 5. The minimum absolute atomic E-state index is 0. The molecule has 0 unspecified atom stereocenters. The number of hydrogen-bond donors (Lipinski definition) is 1. The summed E-state index contributed by atoms with van der Waals surface area (Å²) in [6.07, 6.45) is 16.6. The predicted molar refractivity (Wildman–Crippen MR) is 80.5 cm³/mol. The van der Waals surface area contributed by atoms with Crippen LogP contribution in [-0.4, -0.2) is 12.5 Å². The second kappa shape index (κ2) is 10.9. The van der Waals surface area contributed by atoms with Crippen molar-refractivity contribution < 1.29 is 43.8 Å². The van der Waals surface area contributed by atoms with E-state index >= 15 is 0 Å². The van der Waals surface area contributed by atoms with Gasteiger partial charge in [0.2, 0.25) is 5.82 Å². The van der Waals surface area contributed by atoms with Crippen molar-refractivity contribution in [3.63, 3.8) is 0 Å². The number of amides is 1. The van der Waals surface area contributed by atoms with E-state index in [-0.39, 0.29) is 23.6 Å². The van der Waals surface area contributed by atoms with Gasteiger partial charge in [-0.05, 0) is 57.8 Å². The maximum absolute atomic E-state index is 13.3. The molecule has 0 spiro atoms. The zero-order valence-electron chi connectivity index (χ0n) is 13.1. The number of benzene rings is 1. The molecule has 8 heteroatoms. The summed E-state index contributed by atoms with van der Waals surface area (Å²) < 4.78 is 65.4. The fourth-order valence-electron chi connectivity index (χ4n) is 1.93. The Kier molecular flexibility index (Phi) is 9.58. The number of hydrogen-bond acceptors (Lipinski definition) is 1. The van der Waals surface area contributed by atoms with Crippen molar-refractivity contribution in [2.24, 2.45) is 0 Å². The molecule has 0 aromatic heterocycles. The maximum Gasteiger partial charge on any atom is 2.00 e. The third-order valence-electron chi connectivity index (χ3n) is 3.18. The molecule has 1 aromatic rings. The molecule has 1 N–H and O–H groups in total. The Morgan fingerprint density at radius 1 is 0.692 bits per heavy atom. The van der Waals surface area contributed by atoms with E-state index in [1.54, 1.807) is 25.7 Å². The molecule has 0 heterocycles. The Bertz CT molecular complexity index is 579. The molecule has 0 aliphatic heterocycles. The van der Waals surface area contributed by atoms with Crippen molar-refractivity contribution in [3.05, 3.63) is 98.4 Å². The summed E-state index contributed by atoms with van der Waals surface area (Å²) >= 11 is 0. The quantitative estimate of drug-likeness (QED) is 0.352. The van der Waals surface area contributed by atoms with E-state index in [0.717, 1.165) is 0 Å². The second-order valence-electron chi connectivity index (χ2n) is 4.88. The van der Waals surface area contributed by atoms with Gasteiger partial charge in [-0.15, -0.1) is 0 Å². The SMILES string of the molecule is O=C(NC[C]1[CH][CH][CH][CH]1)c1c(F)c(F)c(F)c(F)c1F.[CH]1[CH][CH][CH][CH]1.[Fe+2]. The molecule has 2 nitrogen and oxygen atoms in total. The molecular weight excluding hydrogens is 397 g/mol. The van der Waals surface area contributed by atoms with E-state index in [9.17, 15) is 26.7 Å². The topological polar surface area (TPSA) is 29.1 Å². The third kappa shape index (κ3) is 5.68. The molecule has 26 heavy (non-hydrogen) atoms. The van der Waals surface area contributed by atoms with Gasteiger partial charge in [-0.2, -0.15) is 0 Å². The monoisotopic (exact) mass is 409 g/mol. The number of rotatable bonds is 3. The molecule has 1 amide bonds. The molecule has 2 saturated carbocycles.